The minimum Gasteiger partial charge on any atom is -0.463 e. The first-order valence-corrected chi connectivity index (χ1v) is 7.64. The molecule has 0 N–H and O–H groups in total. The topological polar surface area (TPSA) is 44.8 Å². The van der Waals surface area contributed by atoms with E-state index in [1.165, 1.54) is 6.92 Å². The second-order valence-electron chi connectivity index (χ2n) is 5.22. The molecule has 0 saturated heterocycles. The van der Waals surface area contributed by atoms with Crippen LogP contribution in [-0.4, -0.2) is 25.3 Å². The van der Waals surface area contributed by atoms with E-state index in [2.05, 4.69) is 0 Å². The summed E-state index contributed by atoms with van der Waals surface area (Å²) in [6.07, 6.45) is -0.289. The van der Waals surface area contributed by atoms with Gasteiger partial charge in [0.05, 0.1) is 19.8 Å². The number of rotatable bonds is 9. The summed E-state index contributed by atoms with van der Waals surface area (Å²) in [6.45, 7) is 2.92. The van der Waals surface area contributed by atoms with E-state index >= 15 is 0 Å². The van der Waals surface area contributed by atoms with Crippen molar-refractivity contribution in [2.45, 2.75) is 26.2 Å². The van der Waals surface area contributed by atoms with Crippen molar-refractivity contribution in [3.63, 3.8) is 0 Å². The Morgan fingerprint density at radius 3 is 2.00 bits per heavy atom. The number of carbonyl (C=O) groups is 1. The molecular formula is C19H22O4. The molecular weight excluding hydrogens is 292 g/mol. The Kier molecular flexibility index (Phi) is 7.30. The molecule has 0 amide bonds. The lowest BCUT2D eigenvalue weighted by molar-refractivity contribution is -0.147. The number of esters is 1. The first kappa shape index (κ1) is 17.2. The minimum atomic E-state index is -0.318. The third kappa shape index (κ3) is 7.08. The molecule has 2 aromatic rings. The van der Waals surface area contributed by atoms with E-state index in [1.54, 1.807) is 0 Å². The average Bonchev–Trinajstić information content (AvgIpc) is 2.58. The molecule has 2 aromatic carbocycles. The van der Waals surface area contributed by atoms with Gasteiger partial charge in [-0.25, -0.2) is 0 Å². The van der Waals surface area contributed by atoms with Crippen LogP contribution in [-0.2, 0) is 32.2 Å². The molecule has 0 bridgehead atoms. The van der Waals surface area contributed by atoms with E-state index < -0.39 is 0 Å². The lowest BCUT2D eigenvalue weighted by Gasteiger charge is -2.18. The molecule has 4 nitrogen and oxygen atoms in total. The molecule has 0 aromatic heterocycles. The van der Waals surface area contributed by atoms with Crippen molar-refractivity contribution < 1.29 is 19.0 Å². The summed E-state index contributed by atoms with van der Waals surface area (Å²) in [5, 5.41) is 0. The molecule has 2 rings (SSSR count). The van der Waals surface area contributed by atoms with Crippen molar-refractivity contribution in [1.82, 2.24) is 0 Å². The molecule has 0 aliphatic rings. The molecule has 0 unspecified atom stereocenters. The fraction of sp³-hybridized carbons (Fsp3) is 0.316. The normalized spacial score (nSPS) is 11.9. The Hall–Kier alpha value is -2.17. The smallest absolute Gasteiger partial charge is 0.302 e. The minimum absolute atomic E-state index is 0.191. The van der Waals surface area contributed by atoms with Crippen molar-refractivity contribution in [2.24, 2.45) is 0 Å². The Balaban J connectivity index is 1.79. The van der Waals surface area contributed by atoms with Crippen molar-refractivity contribution in [3.8, 4) is 0 Å². The Morgan fingerprint density at radius 2 is 1.43 bits per heavy atom. The largest absolute Gasteiger partial charge is 0.463 e. The van der Waals surface area contributed by atoms with E-state index in [1.807, 2.05) is 60.7 Å². The number of carbonyl (C=O) groups excluding carboxylic acids is 1. The van der Waals surface area contributed by atoms with Crippen molar-refractivity contribution in [3.05, 3.63) is 71.8 Å². The second-order valence-corrected chi connectivity index (χ2v) is 5.22. The molecule has 0 aliphatic heterocycles. The molecule has 0 fully saturated rings. The van der Waals surface area contributed by atoms with Gasteiger partial charge in [0, 0.05) is 6.92 Å². The van der Waals surface area contributed by atoms with Crippen molar-refractivity contribution >= 4 is 5.97 Å². The average molecular weight is 314 g/mol. The summed E-state index contributed by atoms with van der Waals surface area (Å²) in [5.41, 5.74) is 2.17. The van der Waals surface area contributed by atoms with Crippen LogP contribution in [0.3, 0.4) is 0 Å². The fourth-order valence-corrected chi connectivity index (χ4v) is 2.03. The van der Waals surface area contributed by atoms with Crippen LogP contribution in [0.5, 0.6) is 0 Å². The zero-order valence-corrected chi connectivity index (χ0v) is 13.3. The first-order chi connectivity index (χ1) is 11.2. The maximum atomic E-state index is 11.0. The lowest BCUT2D eigenvalue weighted by Crippen LogP contribution is -2.26. The molecule has 0 aliphatic carbocycles. The highest BCUT2D eigenvalue weighted by Crippen LogP contribution is 2.07. The van der Waals surface area contributed by atoms with E-state index in [4.69, 9.17) is 14.2 Å². The third-order valence-electron chi connectivity index (χ3n) is 3.22. The summed E-state index contributed by atoms with van der Waals surface area (Å²) in [7, 11) is 0. The monoisotopic (exact) mass is 314 g/mol. The van der Waals surface area contributed by atoms with Gasteiger partial charge in [-0.2, -0.15) is 0 Å². The van der Waals surface area contributed by atoms with Crippen LogP contribution in [0.2, 0.25) is 0 Å². The molecule has 0 radical (unpaired) electrons. The Bertz CT molecular complexity index is 568. The molecule has 0 spiro atoms. The maximum Gasteiger partial charge on any atom is 0.302 e. The van der Waals surface area contributed by atoms with Crippen LogP contribution in [0.1, 0.15) is 18.1 Å². The van der Waals surface area contributed by atoms with Crippen LogP contribution < -0.4 is 0 Å². The van der Waals surface area contributed by atoms with Gasteiger partial charge in [-0.3, -0.25) is 4.79 Å². The highest BCUT2D eigenvalue weighted by Gasteiger charge is 2.12. The predicted octanol–water partition coefficient (Wildman–Crippen LogP) is 3.35. The van der Waals surface area contributed by atoms with Gasteiger partial charge in [0.2, 0.25) is 0 Å². The third-order valence-corrected chi connectivity index (χ3v) is 3.22. The van der Waals surface area contributed by atoms with Crippen LogP contribution in [0.15, 0.2) is 60.7 Å². The fourth-order valence-electron chi connectivity index (χ4n) is 2.03. The van der Waals surface area contributed by atoms with Crippen LogP contribution >= 0.6 is 0 Å². The zero-order valence-electron chi connectivity index (χ0n) is 13.3. The van der Waals surface area contributed by atoms with Crippen molar-refractivity contribution in [2.75, 3.05) is 13.2 Å². The summed E-state index contributed by atoms with van der Waals surface area (Å²) < 4.78 is 16.6. The summed E-state index contributed by atoms with van der Waals surface area (Å²) >= 11 is 0. The van der Waals surface area contributed by atoms with Gasteiger partial charge in [0.15, 0.2) is 0 Å². The highest BCUT2D eigenvalue weighted by molar-refractivity contribution is 5.65. The molecule has 1 atom stereocenters. The van der Waals surface area contributed by atoms with Gasteiger partial charge in [-0.1, -0.05) is 60.7 Å². The van der Waals surface area contributed by atoms with E-state index in [0.717, 1.165) is 11.1 Å². The van der Waals surface area contributed by atoms with Gasteiger partial charge in [0.25, 0.3) is 0 Å². The van der Waals surface area contributed by atoms with E-state index in [0.29, 0.717) is 19.8 Å². The summed E-state index contributed by atoms with van der Waals surface area (Å²) in [6, 6.07) is 19.8. The number of hydrogen-bond acceptors (Lipinski definition) is 4. The van der Waals surface area contributed by atoms with Crippen LogP contribution in [0, 0.1) is 0 Å². The van der Waals surface area contributed by atoms with Crippen LogP contribution in [0.25, 0.3) is 0 Å². The molecule has 4 heteroatoms. The summed E-state index contributed by atoms with van der Waals surface area (Å²) in [4.78, 5) is 11.0. The quantitative estimate of drug-likeness (QED) is 0.666. The van der Waals surface area contributed by atoms with Gasteiger partial charge in [-0.05, 0) is 11.1 Å². The highest BCUT2D eigenvalue weighted by atomic mass is 16.6. The van der Waals surface area contributed by atoms with Gasteiger partial charge in [0.1, 0.15) is 12.7 Å². The van der Waals surface area contributed by atoms with E-state index in [9.17, 15) is 4.79 Å². The van der Waals surface area contributed by atoms with Gasteiger partial charge < -0.3 is 14.2 Å². The van der Waals surface area contributed by atoms with Crippen molar-refractivity contribution in [1.29, 1.82) is 0 Å². The Morgan fingerprint density at radius 1 is 0.870 bits per heavy atom. The summed E-state index contributed by atoms with van der Waals surface area (Å²) in [5.74, 6) is -0.318. The number of benzene rings is 2. The SMILES string of the molecule is CC(=O)OC[C@@H](COCc1ccccc1)OCc1ccccc1. The maximum absolute atomic E-state index is 11.0. The number of hydrogen-bond donors (Lipinski definition) is 0. The molecule has 23 heavy (non-hydrogen) atoms. The van der Waals surface area contributed by atoms with Gasteiger partial charge >= 0.3 is 5.97 Å². The Labute approximate surface area is 137 Å². The first-order valence-electron chi connectivity index (χ1n) is 7.64. The molecule has 0 heterocycles. The predicted molar refractivity (Wildman–Crippen MR) is 87.8 cm³/mol. The van der Waals surface area contributed by atoms with E-state index in [-0.39, 0.29) is 18.7 Å². The standard InChI is InChI=1S/C19H22O4/c1-16(20)22-15-19(23-13-18-10-6-3-7-11-18)14-21-12-17-8-4-2-5-9-17/h2-11,19H,12-15H2,1H3/t19-/m1/s1. The zero-order chi connectivity index (χ0) is 16.3. The molecule has 122 valence electrons. The van der Waals surface area contributed by atoms with Crippen LogP contribution in [0.4, 0.5) is 0 Å². The second kappa shape index (κ2) is 9.77. The van der Waals surface area contributed by atoms with Gasteiger partial charge in [-0.15, -0.1) is 0 Å². The lowest BCUT2D eigenvalue weighted by atomic mass is 10.2. The number of ether oxygens (including phenoxy) is 3. The molecule has 0 saturated carbocycles.